The van der Waals surface area contributed by atoms with Crippen LogP contribution in [0.25, 0.3) is 11.2 Å². The summed E-state index contributed by atoms with van der Waals surface area (Å²) in [6, 6.07) is 17.1. The number of carbonyl (C=O) groups is 1. The van der Waals surface area contributed by atoms with Crippen molar-refractivity contribution in [1.29, 1.82) is 0 Å². The van der Waals surface area contributed by atoms with Gasteiger partial charge in [0.25, 0.3) is 11.5 Å². The molecule has 0 aliphatic rings. The molecule has 210 valence electrons. The van der Waals surface area contributed by atoms with Crippen molar-refractivity contribution < 1.29 is 9.18 Å². The van der Waals surface area contributed by atoms with E-state index in [-0.39, 0.29) is 23.5 Å². The van der Waals surface area contributed by atoms with E-state index in [0.717, 1.165) is 28.7 Å². The Kier molecular flexibility index (Phi) is 7.91. The van der Waals surface area contributed by atoms with Crippen LogP contribution in [0.4, 0.5) is 10.1 Å². The molecule has 0 bridgehead atoms. The largest absolute Gasteiger partial charge is 0.336 e. The number of benzene rings is 2. The van der Waals surface area contributed by atoms with E-state index in [4.69, 9.17) is 0 Å². The summed E-state index contributed by atoms with van der Waals surface area (Å²) in [5, 5.41) is 0. The van der Waals surface area contributed by atoms with Gasteiger partial charge in [0.15, 0.2) is 5.65 Å². The lowest BCUT2D eigenvalue weighted by atomic mass is 10.1. The number of pyridine rings is 1. The maximum absolute atomic E-state index is 14.4. The first-order valence-corrected chi connectivity index (χ1v) is 13.5. The molecule has 1 amide bonds. The van der Waals surface area contributed by atoms with E-state index in [1.807, 2.05) is 38.1 Å². The van der Waals surface area contributed by atoms with Crippen molar-refractivity contribution in [2.45, 2.75) is 46.2 Å². The third-order valence-corrected chi connectivity index (χ3v) is 7.09. The molecule has 9 nitrogen and oxygen atoms in total. The first-order valence-electron chi connectivity index (χ1n) is 13.5. The molecule has 1 N–H and O–H groups in total. The molecular weight excluding hydrogens is 523 g/mol. The normalized spacial score (nSPS) is 11.2. The molecule has 2 aromatic carbocycles. The number of anilines is 1. The highest BCUT2D eigenvalue weighted by atomic mass is 19.1. The molecular formula is C31H31FN6O3. The highest BCUT2D eigenvalue weighted by molar-refractivity contribution is 6.05. The molecule has 3 heterocycles. The van der Waals surface area contributed by atoms with Crippen molar-refractivity contribution in [2.75, 3.05) is 11.9 Å². The summed E-state index contributed by atoms with van der Waals surface area (Å²) < 4.78 is 16.9. The molecule has 10 heteroatoms. The van der Waals surface area contributed by atoms with E-state index >= 15 is 0 Å². The number of amides is 1. The van der Waals surface area contributed by atoms with Crippen LogP contribution in [0.5, 0.6) is 0 Å². The minimum atomic E-state index is -0.541. The highest BCUT2D eigenvalue weighted by Gasteiger charge is 2.19. The van der Waals surface area contributed by atoms with Gasteiger partial charge in [-0.3, -0.25) is 23.7 Å². The molecule has 0 saturated heterocycles. The molecule has 0 radical (unpaired) electrons. The Morgan fingerprint density at radius 3 is 2.46 bits per heavy atom. The van der Waals surface area contributed by atoms with Crippen molar-refractivity contribution in [3.05, 3.63) is 122 Å². The monoisotopic (exact) mass is 554 g/mol. The van der Waals surface area contributed by atoms with E-state index in [1.54, 1.807) is 48.5 Å². The number of nitrogens with one attached hydrogen (secondary N) is 1. The molecule has 5 rings (SSSR count). The summed E-state index contributed by atoms with van der Waals surface area (Å²) in [5.41, 5.74) is 2.66. The number of halogens is 1. The summed E-state index contributed by atoms with van der Waals surface area (Å²) >= 11 is 0. The van der Waals surface area contributed by atoms with Crippen molar-refractivity contribution in [3.63, 3.8) is 0 Å². The van der Waals surface area contributed by atoms with Crippen LogP contribution in [0.2, 0.25) is 0 Å². The van der Waals surface area contributed by atoms with Gasteiger partial charge in [0, 0.05) is 43.2 Å². The molecule has 3 aromatic heterocycles. The Hall–Kier alpha value is -4.86. The van der Waals surface area contributed by atoms with Gasteiger partial charge in [0.05, 0.1) is 12.1 Å². The Labute approximate surface area is 235 Å². The van der Waals surface area contributed by atoms with Gasteiger partial charge < -0.3 is 9.88 Å². The lowest BCUT2D eigenvalue weighted by molar-refractivity contribution is 0.0992. The minimum Gasteiger partial charge on any atom is -0.336 e. The number of imidazole rings is 1. The Bertz CT molecular complexity index is 1820. The quantitative estimate of drug-likeness (QED) is 0.290. The smallest absolute Gasteiger partial charge is 0.333 e. The van der Waals surface area contributed by atoms with Crippen LogP contribution in [-0.4, -0.2) is 37.0 Å². The van der Waals surface area contributed by atoms with Crippen LogP contribution < -0.4 is 16.1 Å². The van der Waals surface area contributed by atoms with Crippen LogP contribution in [0.3, 0.4) is 0 Å². The van der Waals surface area contributed by atoms with E-state index in [9.17, 15) is 18.8 Å². The molecule has 0 aliphatic heterocycles. The fourth-order valence-electron chi connectivity index (χ4n) is 4.69. The average molecular weight is 555 g/mol. The number of aryl methyl sites for hydroxylation is 2. The number of aromatic nitrogens is 5. The fraction of sp³-hybridized carbons (Fsp3) is 0.258. The average Bonchev–Trinajstić information content (AvgIpc) is 3.40. The van der Waals surface area contributed by atoms with Crippen molar-refractivity contribution in [1.82, 2.24) is 24.1 Å². The van der Waals surface area contributed by atoms with Gasteiger partial charge in [-0.25, -0.2) is 14.2 Å². The zero-order valence-electron chi connectivity index (χ0n) is 23.2. The third kappa shape index (κ3) is 5.72. The van der Waals surface area contributed by atoms with E-state index in [2.05, 4.69) is 15.0 Å². The number of unbranched alkanes of at least 4 members (excludes halogenated alkanes) is 1. The predicted octanol–water partition coefficient (Wildman–Crippen LogP) is 4.44. The summed E-state index contributed by atoms with van der Waals surface area (Å²) in [6.45, 7) is 4.09. The molecule has 5 aromatic rings. The molecule has 41 heavy (non-hydrogen) atoms. The van der Waals surface area contributed by atoms with Gasteiger partial charge in [0.2, 0.25) is 0 Å². The summed E-state index contributed by atoms with van der Waals surface area (Å²) in [7, 11) is 1.71. The van der Waals surface area contributed by atoms with E-state index in [1.165, 1.54) is 10.6 Å². The Morgan fingerprint density at radius 2 is 1.78 bits per heavy atom. The Balaban J connectivity index is 1.43. The summed E-state index contributed by atoms with van der Waals surface area (Å²) in [4.78, 5) is 53.1. The lowest BCUT2D eigenvalue weighted by Gasteiger charge is -2.17. The Morgan fingerprint density at radius 1 is 1.02 bits per heavy atom. The standard InChI is InChI=1S/C31H31FN6O3/c1-4-5-16-37-28-27(30(40)38(31(37)41)19-23-8-6-7-9-25(23)32)34-26(35-28)17-21-11-14-24(15-12-21)36(3)29(39)22-13-10-20(2)33-18-22/h6-15,18H,4-5,16-17,19H2,1-3H3,(H,34,35). The number of hydrogen-bond acceptors (Lipinski definition) is 5. The van der Waals surface area contributed by atoms with Gasteiger partial charge in [-0.15, -0.1) is 0 Å². The van der Waals surface area contributed by atoms with Gasteiger partial charge in [-0.05, 0) is 49.2 Å². The van der Waals surface area contributed by atoms with Crippen molar-refractivity contribution in [2.24, 2.45) is 0 Å². The first kappa shape index (κ1) is 27.7. The maximum Gasteiger partial charge on any atom is 0.333 e. The molecule has 0 aliphatic carbocycles. The third-order valence-electron chi connectivity index (χ3n) is 7.09. The molecule has 0 unspecified atom stereocenters. The zero-order chi connectivity index (χ0) is 29.1. The first-order chi connectivity index (χ1) is 19.8. The maximum atomic E-state index is 14.4. The number of H-pyrrole nitrogens is 1. The second kappa shape index (κ2) is 11.7. The lowest BCUT2D eigenvalue weighted by Crippen LogP contribution is -2.40. The molecule has 0 saturated carbocycles. The number of fused-ring (bicyclic) bond motifs is 1. The van der Waals surface area contributed by atoms with Crippen LogP contribution in [0.1, 0.15) is 52.8 Å². The van der Waals surface area contributed by atoms with Crippen molar-refractivity contribution >= 4 is 22.8 Å². The van der Waals surface area contributed by atoms with Gasteiger partial charge in [-0.1, -0.05) is 43.7 Å². The zero-order valence-corrected chi connectivity index (χ0v) is 23.2. The topological polar surface area (TPSA) is 106 Å². The van der Waals surface area contributed by atoms with Crippen LogP contribution in [0, 0.1) is 12.7 Å². The number of rotatable bonds is 9. The second-order valence-electron chi connectivity index (χ2n) is 10.0. The minimum absolute atomic E-state index is 0.167. The second-order valence-corrected chi connectivity index (χ2v) is 10.0. The SMILES string of the molecule is CCCCn1c(=O)n(Cc2ccccc2F)c(=O)c2[nH]c(Cc3ccc(N(C)C(=O)c4ccc(C)nc4)cc3)nc21. The molecule has 0 atom stereocenters. The summed E-state index contributed by atoms with van der Waals surface area (Å²) in [5.74, 6) is -0.122. The summed E-state index contributed by atoms with van der Waals surface area (Å²) in [6.07, 6.45) is 3.51. The van der Waals surface area contributed by atoms with E-state index < -0.39 is 17.1 Å². The fourth-order valence-corrected chi connectivity index (χ4v) is 4.69. The number of aromatic amines is 1. The van der Waals surface area contributed by atoms with Crippen LogP contribution >= 0.6 is 0 Å². The van der Waals surface area contributed by atoms with Gasteiger partial charge in [-0.2, -0.15) is 0 Å². The highest BCUT2D eigenvalue weighted by Crippen LogP contribution is 2.19. The van der Waals surface area contributed by atoms with Crippen LogP contribution in [0.15, 0.2) is 76.4 Å². The van der Waals surface area contributed by atoms with Gasteiger partial charge in [0.1, 0.15) is 17.2 Å². The molecule has 0 spiro atoms. The predicted molar refractivity (Wildman–Crippen MR) is 156 cm³/mol. The van der Waals surface area contributed by atoms with Crippen molar-refractivity contribution in [3.8, 4) is 0 Å². The number of hydrogen-bond donors (Lipinski definition) is 1. The number of carbonyl (C=O) groups excluding carboxylic acids is 1. The number of nitrogens with zero attached hydrogens (tertiary/aromatic N) is 5. The van der Waals surface area contributed by atoms with E-state index in [0.29, 0.717) is 35.7 Å². The molecule has 0 fully saturated rings. The van der Waals surface area contributed by atoms with Gasteiger partial charge >= 0.3 is 5.69 Å². The van der Waals surface area contributed by atoms with Crippen LogP contribution in [-0.2, 0) is 19.5 Å².